The van der Waals surface area contributed by atoms with Gasteiger partial charge >= 0.3 is 0 Å². The summed E-state index contributed by atoms with van der Waals surface area (Å²) in [6.45, 7) is 8.81. The monoisotopic (exact) mass is 553 g/mol. The molecule has 0 aliphatic carbocycles. The van der Waals surface area contributed by atoms with E-state index in [-0.39, 0.29) is 17.3 Å². The van der Waals surface area contributed by atoms with E-state index >= 15 is 0 Å². The summed E-state index contributed by atoms with van der Waals surface area (Å²) < 4.78 is 34.3. The van der Waals surface area contributed by atoms with Gasteiger partial charge in [0.2, 0.25) is 5.91 Å². The highest BCUT2D eigenvalue weighted by molar-refractivity contribution is 7.98. The van der Waals surface area contributed by atoms with E-state index in [1.165, 1.54) is 21.1 Å². The molecular weight excluding hydrogens is 518 g/mol. The van der Waals surface area contributed by atoms with Crippen LogP contribution in [0.1, 0.15) is 18.1 Å². The van der Waals surface area contributed by atoms with E-state index in [2.05, 4.69) is 36.9 Å². The number of rotatable bonds is 9. The molecule has 1 saturated heterocycles. The third-order valence-corrected chi connectivity index (χ3v) is 9.44. The predicted molar refractivity (Wildman–Crippen MR) is 155 cm³/mol. The van der Waals surface area contributed by atoms with Gasteiger partial charge in [-0.2, -0.15) is 0 Å². The van der Waals surface area contributed by atoms with Crippen molar-refractivity contribution in [2.24, 2.45) is 0 Å². The summed E-state index contributed by atoms with van der Waals surface area (Å²) in [7, 11) is -3.98. The highest BCUT2D eigenvalue weighted by atomic mass is 32.2. The zero-order valence-corrected chi connectivity index (χ0v) is 24.0. The van der Waals surface area contributed by atoms with Crippen LogP contribution in [-0.4, -0.2) is 64.8 Å². The van der Waals surface area contributed by atoms with Gasteiger partial charge in [-0.05, 0) is 92.8 Å². The number of carbonyl (C=O) groups is 1. The van der Waals surface area contributed by atoms with Crippen LogP contribution in [-0.2, 0) is 14.8 Å². The van der Waals surface area contributed by atoms with Gasteiger partial charge in [-0.15, -0.1) is 11.8 Å². The lowest BCUT2D eigenvalue weighted by atomic mass is 10.1. The molecule has 0 atom stereocenters. The van der Waals surface area contributed by atoms with Crippen LogP contribution in [0.5, 0.6) is 5.75 Å². The molecule has 1 amide bonds. The summed E-state index contributed by atoms with van der Waals surface area (Å²) in [4.78, 5) is 18.6. The number of benzene rings is 3. The third kappa shape index (κ3) is 6.10. The molecule has 0 aromatic heterocycles. The maximum atomic E-state index is 13.8. The molecule has 0 N–H and O–H groups in total. The number of hydrogen-bond acceptors (Lipinski definition) is 6. The molecule has 38 heavy (non-hydrogen) atoms. The van der Waals surface area contributed by atoms with Gasteiger partial charge < -0.3 is 14.5 Å². The van der Waals surface area contributed by atoms with Crippen LogP contribution in [0.4, 0.5) is 11.4 Å². The van der Waals surface area contributed by atoms with Crippen LogP contribution in [0, 0.1) is 13.8 Å². The molecule has 1 fully saturated rings. The van der Waals surface area contributed by atoms with E-state index in [0.29, 0.717) is 44.2 Å². The number of ether oxygens (including phenoxy) is 1. The molecule has 0 radical (unpaired) electrons. The first-order valence-electron chi connectivity index (χ1n) is 12.7. The fourth-order valence-corrected chi connectivity index (χ4v) is 6.39. The van der Waals surface area contributed by atoms with E-state index in [0.717, 1.165) is 4.90 Å². The molecule has 7 nitrogen and oxygen atoms in total. The van der Waals surface area contributed by atoms with Gasteiger partial charge in [0.25, 0.3) is 10.0 Å². The quantitative estimate of drug-likeness (QED) is 0.349. The highest BCUT2D eigenvalue weighted by Crippen LogP contribution is 2.28. The molecule has 1 aliphatic rings. The fraction of sp³-hybridized carbons (Fsp3) is 0.345. The van der Waals surface area contributed by atoms with Crippen LogP contribution < -0.4 is 13.9 Å². The zero-order valence-electron chi connectivity index (χ0n) is 22.4. The number of nitrogens with zero attached hydrogens (tertiary/aromatic N) is 3. The first-order chi connectivity index (χ1) is 18.2. The minimum absolute atomic E-state index is 0.150. The van der Waals surface area contributed by atoms with E-state index < -0.39 is 10.0 Å². The second kappa shape index (κ2) is 12.1. The Morgan fingerprint density at radius 1 is 0.947 bits per heavy atom. The Kier molecular flexibility index (Phi) is 8.89. The summed E-state index contributed by atoms with van der Waals surface area (Å²) in [6, 6.07) is 19.8. The molecule has 1 aliphatic heterocycles. The van der Waals surface area contributed by atoms with Gasteiger partial charge in [0.15, 0.2) is 0 Å². The molecule has 0 bridgehead atoms. The van der Waals surface area contributed by atoms with E-state index in [9.17, 15) is 13.2 Å². The van der Waals surface area contributed by atoms with Gasteiger partial charge in [-0.1, -0.05) is 12.1 Å². The summed E-state index contributed by atoms with van der Waals surface area (Å²) in [5, 5.41) is 0. The standard InChI is InChI=1S/C29H35N3O4S2/c1-5-36-25-11-9-24(10-12-25)32(38(34,35)27-15-13-26(37-4)14-16-27)21-29(33)31-19-17-30(18-20-31)28-8-6-7-22(2)23(28)3/h6-16H,5,17-21H2,1-4H3. The van der Waals surface area contributed by atoms with Crippen molar-refractivity contribution in [1.82, 2.24) is 4.90 Å². The van der Waals surface area contributed by atoms with Crippen molar-refractivity contribution < 1.29 is 17.9 Å². The SMILES string of the molecule is CCOc1ccc(N(CC(=O)N2CCN(c3cccc(C)c3C)CC2)S(=O)(=O)c2ccc(SC)cc2)cc1. The highest BCUT2D eigenvalue weighted by Gasteiger charge is 2.30. The minimum atomic E-state index is -3.98. The van der Waals surface area contributed by atoms with Gasteiger partial charge in [0.1, 0.15) is 12.3 Å². The van der Waals surface area contributed by atoms with Crippen LogP contribution >= 0.6 is 11.8 Å². The first-order valence-corrected chi connectivity index (χ1v) is 15.4. The molecule has 4 rings (SSSR count). The number of sulfonamides is 1. The lowest BCUT2D eigenvalue weighted by molar-refractivity contribution is -0.129. The van der Waals surface area contributed by atoms with Gasteiger partial charge in [-0.25, -0.2) is 8.42 Å². The number of hydrogen-bond donors (Lipinski definition) is 0. The number of carbonyl (C=O) groups excluding carboxylic acids is 1. The number of amides is 1. The predicted octanol–water partition coefficient (Wildman–Crippen LogP) is 4.97. The largest absolute Gasteiger partial charge is 0.494 e. The maximum Gasteiger partial charge on any atom is 0.264 e. The Balaban J connectivity index is 1.55. The Labute approximate surface area is 230 Å². The molecule has 3 aromatic rings. The Bertz CT molecular complexity index is 1350. The molecular formula is C29H35N3O4S2. The van der Waals surface area contributed by atoms with Crippen LogP contribution in [0.2, 0.25) is 0 Å². The lowest BCUT2D eigenvalue weighted by Gasteiger charge is -2.38. The zero-order chi connectivity index (χ0) is 27.3. The van der Waals surface area contributed by atoms with Crippen molar-refractivity contribution in [1.29, 1.82) is 0 Å². The summed E-state index contributed by atoms with van der Waals surface area (Å²) in [6.07, 6.45) is 1.94. The number of piperazine rings is 1. The number of thioether (sulfide) groups is 1. The van der Waals surface area contributed by atoms with E-state index in [1.807, 2.05) is 13.2 Å². The van der Waals surface area contributed by atoms with Gasteiger partial charge in [-0.3, -0.25) is 9.10 Å². The van der Waals surface area contributed by atoms with Crippen molar-refractivity contribution in [3.05, 3.63) is 77.9 Å². The average molecular weight is 554 g/mol. The molecule has 1 heterocycles. The van der Waals surface area contributed by atoms with Crippen molar-refractivity contribution in [2.45, 2.75) is 30.6 Å². The molecule has 0 spiro atoms. The lowest BCUT2D eigenvalue weighted by Crippen LogP contribution is -2.52. The molecule has 3 aromatic carbocycles. The molecule has 202 valence electrons. The fourth-order valence-electron chi connectivity index (χ4n) is 4.56. The van der Waals surface area contributed by atoms with Crippen LogP contribution in [0.3, 0.4) is 0 Å². The van der Waals surface area contributed by atoms with Gasteiger partial charge in [0.05, 0.1) is 17.2 Å². The number of anilines is 2. The second-order valence-corrected chi connectivity index (χ2v) is 11.9. The summed E-state index contributed by atoms with van der Waals surface area (Å²) >= 11 is 1.54. The van der Waals surface area contributed by atoms with Gasteiger partial charge in [0, 0.05) is 36.8 Å². The molecule has 0 unspecified atom stereocenters. The Morgan fingerprint density at radius 2 is 1.61 bits per heavy atom. The van der Waals surface area contributed by atoms with Crippen molar-refractivity contribution in [3.63, 3.8) is 0 Å². The van der Waals surface area contributed by atoms with E-state index in [1.54, 1.807) is 65.2 Å². The maximum absolute atomic E-state index is 13.8. The normalized spacial score (nSPS) is 13.9. The number of aryl methyl sites for hydroxylation is 1. The first kappa shape index (κ1) is 27.9. The third-order valence-electron chi connectivity index (χ3n) is 6.91. The average Bonchev–Trinajstić information content (AvgIpc) is 2.94. The van der Waals surface area contributed by atoms with Crippen molar-refractivity contribution in [3.8, 4) is 5.75 Å². The van der Waals surface area contributed by atoms with E-state index in [4.69, 9.17) is 4.74 Å². The topological polar surface area (TPSA) is 70.2 Å². The van der Waals surface area contributed by atoms with Crippen LogP contribution in [0.15, 0.2) is 76.5 Å². The Hall–Kier alpha value is -3.17. The van der Waals surface area contributed by atoms with Crippen molar-refractivity contribution >= 4 is 39.1 Å². The van der Waals surface area contributed by atoms with Crippen molar-refractivity contribution in [2.75, 3.05) is 54.8 Å². The summed E-state index contributed by atoms with van der Waals surface area (Å²) in [5.41, 5.74) is 4.09. The summed E-state index contributed by atoms with van der Waals surface area (Å²) in [5.74, 6) is 0.426. The Morgan fingerprint density at radius 3 is 2.21 bits per heavy atom. The van der Waals surface area contributed by atoms with Crippen LogP contribution in [0.25, 0.3) is 0 Å². The second-order valence-electron chi connectivity index (χ2n) is 9.20. The molecule has 0 saturated carbocycles. The molecule has 9 heteroatoms. The smallest absolute Gasteiger partial charge is 0.264 e. The minimum Gasteiger partial charge on any atom is -0.494 e.